The van der Waals surface area contributed by atoms with Gasteiger partial charge in [-0.15, -0.1) is 11.3 Å². The van der Waals surface area contributed by atoms with E-state index in [2.05, 4.69) is 20.3 Å². The van der Waals surface area contributed by atoms with Crippen LogP contribution in [0.2, 0.25) is 0 Å². The molecule has 2 aromatic heterocycles. The maximum absolute atomic E-state index is 12.4. The molecule has 0 aromatic carbocycles. The third-order valence-electron chi connectivity index (χ3n) is 3.48. The van der Waals surface area contributed by atoms with Gasteiger partial charge >= 0.3 is 12.1 Å². The Morgan fingerprint density at radius 2 is 1.90 bits per heavy atom. The normalized spacial score (nSPS) is 12.2. The van der Waals surface area contributed by atoms with Gasteiger partial charge in [0.1, 0.15) is 16.3 Å². The summed E-state index contributed by atoms with van der Waals surface area (Å²) in [5.74, 6) is -1.92. The molecule has 12 heteroatoms. The lowest BCUT2D eigenvalue weighted by atomic mass is 10.2. The second-order valence-corrected chi connectivity index (χ2v) is 7.77. The first-order valence-corrected chi connectivity index (χ1v) is 9.28. The number of aliphatic hydroxyl groups excluding tert-OH is 1. The highest BCUT2D eigenvalue weighted by Crippen LogP contribution is 2.24. The highest BCUT2D eigenvalue weighted by Gasteiger charge is 2.28. The molecular weight excluding hydrogens is 402 g/mol. The van der Waals surface area contributed by atoms with Gasteiger partial charge in [-0.2, -0.15) is 0 Å². The van der Waals surface area contributed by atoms with E-state index in [1.165, 1.54) is 24.8 Å². The standard InChI is InChI=1S/C17H21N5O6S/c1-17(2,3)28-16(27)21-15-18-5-9(6-19-15)12-20-10(8-29-12)13(24)22(4)11(7-23)14(25)26/h5-6,8,11,23H,7H2,1-4H3,(H,25,26)(H,18,19,21,27)/t11-/m0/s1. The predicted octanol–water partition coefficient (Wildman–Crippen LogP) is 1.46. The lowest BCUT2D eigenvalue weighted by molar-refractivity contribution is -0.143. The Kier molecular flexibility index (Phi) is 6.82. The van der Waals surface area contributed by atoms with Crippen molar-refractivity contribution in [3.8, 4) is 10.6 Å². The van der Waals surface area contributed by atoms with Crippen molar-refractivity contribution in [3.05, 3.63) is 23.5 Å². The first-order chi connectivity index (χ1) is 13.5. The lowest BCUT2D eigenvalue weighted by Gasteiger charge is -2.22. The van der Waals surface area contributed by atoms with Crippen molar-refractivity contribution in [2.45, 2.75) is 32.4 Å². The molecule has 11 nitrogen and oxygen atoms in total. The molecule has 1 atom stereocenters. The Balaban J connectivity index is 2.09. The van der Waals surface area contributed by atoms with Gasteiger partial charge in [-0.05, 0) is 20.8 Å². The number of carbonyl (C=O) groups excluding carboxylic acids is 2. The second kappa shape index (κ2) is 8.92. The number of anilines is 1. The van der Waals surface area contributed by atoms with Crippen LogP contribution in [0.1, 0.15) is 31.3 Å². The Bertz CT molecular complexity index is 892. The number of aliphatic carboxylic acids is 1. The summed E-state index contributed by atoms with van der Waals surface area (Å²) >= 11 is 1.14. The molecule has 0 aliphatic carbocycles. The average Bonchev–Trinajstić information content (AvgIpc) is 3.10. The summed E-state index contributed by atoms with van der Waals surface area (Å²) in [5, 5.41) is 22.5. The van der Waals surface area contributed by atoms with E-state index < -0.39 is 36.2 Å². The van der Waals surface area contributed by atoms with Crippen LogP contribution in [-0.2, 0) is 9.53 Å². The van der Waals surface area contributed by atoms with Crippen LogP contribution in [0.15, 0.2) is 17.8 Å². The van der Waals surface area contributed by atoms with Crippen LogP contribution in [0.3, 0.4) is 0 Å². The van der Waals surface area contributed by atoms with Crippen LogP contribution in [0, 0.1) is 0 Å². The van der Waals surface area contributed by atoms with E-state index in [1.54, 1.807) is 20.8 Å². The van der Waals surface area contributed by atoms with E-state index in [0.29, 0.717) is 10.6 Å². The molecule has 0 fully saturated rings. The molecule has 0 aliphatic heterocycles. The number of ether oxygens (including phenoxy) is 1. The smallest absolute Gasteiger partial charge is 0.414 e. The minimum absolute atomic E-state index is 0.0307. The van der Waals surface area contributed by atoms with E-state index in [-0.39, 0.29) is 11.6 Å². The fourth-order valence-electron chi connectivity index (χ4n) is 2.09. The molecule has 3 N–H and O–H groups in total. The molecule has 2 aromatic rings. The summed E-state index contributed by atoms with van der Waals surface area (Å²) < 4.78 is 5.11. The first kappa shape index (κ1) is 22.2. The Labute approximate surface area is 170 Å². The van der Waals surface area contributed by atoms with E-state index in [9.17, 15) is 14.4 Å². The molecule has 0 radical (unpaired) electrons. The van der Waals surface area contributed by atoms with Crippen LogP contribution in [-0.4, -0.2) is 73.3 Å². The minimum Gasteiger partial charge on any atom is -0.480 e. The maximum Gasteiger partial charge on any atom is 0.414 e. The third-order valence-corrected chi connectivity index (χ3v) is 4.37. The fraction of sp³-hybridized carbons (Fsp3) is 0.412. The molecule has 2 amide bonds. The number of rotatable bonds is 6. The first-order valence-electron chi connectivity index (χ1n) is 8.40. The fourth-order valence-corrected chi connectivity index (χ4v) is 2.86. The number of likely N-dealkylation sites (N-methyl/N-ethyl adjacent to an activating group) is 1. The van der Waals surface area contributed by atoms with E-state index in [4.69, 9.17) is 14.9 Å². The van der Waals surface area contributed by atoms with Crippen LogP contribution < -0.4 is 5.32 Å². The number of carboxylic acids is 1. The van der Waals surface area contributed by atoms with Gasteiger partial charge in [-0.25, -0.2) is 24.5 Å². The minimum atomic E-state index is -1.37. The SMILES string of the molecule is CN(C(=O)c1csc(-c2cnc(NC(=O)OC(C)(C)C)nc2)n1)[C@@H](CO)C(=O)O. The average molecular weight is 423 g/mol. The van der Waals surface area contributed by atoms with Gasteiger partial charge in [-0.3, -0.25) is 10.1 Å². The molecule has 0 unspecified atom stereocenters. The third kappa shape index (κ3) is 5.93. The molecule has 2 heterocycles. The number of carboxylic acid groups (broad SMARTS) is 1. The summed E-state index contributed by atoms with van der Waals surface area (Å²) in [7, 11) is 1.27. The molecule has 0 spiro atoms. The number of aliphatic hydroxyl groups is 1. The second-order valence-electron chi connectivity index (χ2n) is 6.91. The molecule has 0 aliphatic rings. The van der Waals surface area contributed by atoms with Crippen molar-refractivity contribution in [1.82, 2.24) is 19.9 Å². The molecular formula is C17H21N5O6S. The summed E-state index contributed by atoms with van der Waals surface area (Å²) in [6.07, 6.45) is 2.15. The van der Waals surface area contributed by atoms with Crippen LogP contribution in [0.25, 0.3) is 10.6 Å². The van der Waals surface area contributed by atoms with Crippen molar-refractivity contribution in [3.63, 3.8) is 0 Å². The molecule has 29 heavy (non-hydrogen) atoms. The van der Waals surface area contributed by atoms with Gasteiger partial charge in [0.05, 0.1) is 6.61 Å². The largest absolute Gasteiger partial charge is 0.480 e. The number of aromatic nitrogens is 3. The van der Waals surface area contributed by atoms with Crippen LogP contribution >= 0.6 is 11.3 Å². The molecule has 0 saturated heterocycles. The van der Waals surface area contributed by atoms with Crippen molar-refractivity contribution in [1.29, 1.82) is 0 Å². The molecule has 0 bridgehead atoms. The Hall–Kier alpha value is -3.12. The molecule has 0 saturated carbocycles. The van der Waals surface area contributed by atoms with Gasteiger partial charge in [0.15, 0.2) is 6.04 Å². The molecule has 156 valence electrons. The molecule has 2 rings (SSSR count). The number of nitrogens with zero attached hydrogens (tertiary/aromatic N) is 4. The van der Waals surface area contributed by atoms with Crippen molar-refractivity contribution in [2.75, 3.05) is 19.0 Å². The Morgan fingerprint density at radius 1 is 1.28 bits per heavy atom. The highest BCUT2D eigenvalue weighted by atomic mass is 32.1. The predicted molar refractivity (Wildman–Crippen MR) is 104 cm³/mol. The number of hydrogen-bond donors (Lipinski definition) is 3. The maximum atomic E-state index is 12.4. The number of carbonyl (C=O) groups is 3. The Morgan fingerprint density at radius 3 is 2.41 bits per heavy atom. The van der Waals surface area contributed by atoms with E-state index in [1.807, 2.05) is 0 Å². The van der Waals surface area contributed by atoms with Gasteiger partial charge in [0.2, 0.25) is 5.95 Å². The number of amides is 2. The zero-order valence-electron chi connectivity index (χ0n) is 16.2. The van der Waals surface area contributed by atoms with Crippen LogP contribution in [0.4, 0.5) is 10.7 Å². The summed E-state index contributed by atoms with van der Waals surface area (Å²) in [6.45, 7) is 4.48. The topological polar surface area (TPSA) is 155 Å². The van der Waals surface area contributed by atoms with Crippen molar-refractivity contribution >= 4 is 35.3 Å². The number of hydrogen-bond acceptors (Lipinski definition) is 9. The van der Waals surface area contributed by atoms with Crippen molar-refractivity contribution < 1.29 is 29.3 Å². The lowest BCUT2D eigenvalue weighted by Crippen LogP contribution is -2.44. The van der Waals surface area contributed by atoms with Crippen molar-refractivity contribution in [2.24, 2.45) is 0 Å². The van der Waals surface area contributed by atoms with Gasteiger partial charge in [0.25, 0.3) is 5.91 Å². The summed E-state index contributed by atoms with van der Waals surface area (Å²) in [5.41, 5.74) is -0.122. The van der Waals surface area contributed by atoms with Crippen LogP contribution in [0.5, 0.6) is 0 Å². The number of thiazole rings is 1. The van der Waals surface area contributed by atoms with Gasteiger partial charge in [-0.1, -0.05) is 0 Å². The van der Waals surface area contributed by atoms with Gasteiger partial charge in [0, 0.05) is 30.4 Å². The van der Waals surface area contributed by atoms with E-state index >= 15 is 0 Å². The summed E-state index contributed by atoms with van der Waals surface area (Å²) in [6, 6.07) is -1.37. The number of nitrogens with one attached hydrogen (secondary N) is 1. The zero-order valence-corrected chi connectivity index (χ0v) is 17.1. The summed E-state index contributed by atoms with van der Waals surface area (Å²) in [4.78, 5) is 48.3. The highest BCUT2D eigenvalue weighted by molar-refractivity contribution is 7.13. The van der Waals surface area contributed by atoms with Gasteiger partial charge < -0.3 is 19.8 Å². The zero-order chi connectivity index (χ0) is 21.8. The monoisotopic (exact) mass is 423 g/mol. The quantitative estimate of drug-likeness (QED) is 0.626. The van der Waals surface area contributed by atoms with E-state index in [0.717, 1.165) is 16.2 Å².